The zero-order valence-corrected chi connectivity index (χ0v) is 18.0. The Morgan fingerprint density at radius 2 is 1.87 bits per heavy atom. The SMILES string of the molecule is CCOC(=O)c1cccc(NC(=O)c2cc(N3CCCCC3)c3cc(C)ccc3n2)c1. The third-order valence-electron chi connectivity index (χ3n) is 5.50. The first kappa shape index (κ1) is 20.8. The van der Waals surface area contributed by atoms with Crippen molar-refractivity contribution in [1.29, 1.82) is 0 Å². The number of pyridine rings is 1. The normalized spacial score (nSPS) is 13.8. The number of aryl methyl sites for hydroxylation is 1. The lowest BCUT2D eigenvalue weighted by molar-refractivity contribution is 0.0526. The fourth-order valence-corrected chi connectivity index (χ4v) is 3.97. The van der Waals surface area contributed by atoms with E-state index >= 15 is 0 Å². The summed E-state index contributed by atoms with van der Waals surface area (Å²) < 4.78 is 5.04. The summed E-state index contributed by atoms with van der Waals surface area (Å²) >= 11 is 0. The van der Waals surface area contributed by atoms with E-state index in [0.717, 1.165) is 42.5 Å². The van der Waals surface area contributed by atoms with Gasteiger partial charge in [-0.3, -0.25) is 4.79 Å². The minimum absolute atomic E-state index is 0.301. The first-order chi connectivity index (χ1) is 15.0. The molecule has 31 heavy (non-hydrogen) atoms. The van der Waals surface area contributed by atoms with Crippen LogP contribution in [0, 0.1) is 6.92 Å². The van der Waals surface area contributed by atoms with Crippen LogP contribution in [0.3, 0.4) is 0 Å². The molecule has 1 fully saturated rings. The average molecular weight is 418 g/mol. The van der Waals surface area contributed by atoms with Crippen LogP contribution < -0.4 is 10.2 Å². The number of benzene rings is 2. The summed E-state index contributed by atoms with van der Waals surface area (Å²) in [5, 5.41) is 3.95. The molecular weight excluding hydrogens is 390 g/mol. The molecular formula is C25H27N3O3. The van der Waals surface area contributed by atoms with Crippen LogP contribution in [0.1, 0.15) is 52.6 Å². The topological polar surface area (TPSA) is 71.5 Å². The van der Waals surface area contributed by atoms with Gasteiger partial charge in [0.05, 0.1) is 17.7 Å². The molecule has 0 bridgehead atoms. The Morgan fingerprint density at radius 3 is 2.65 bits per heavy atom. The van der Waals surface area contributed by atoms with Gasteiger partial charge in [0.2, 0.25) is 0 Å². The summed E-state index contributed by atoms with van der Waals surface area (Å²) in [6, 6.07) is 14.8. The van der Waals surface area contributed by atoms with Crippen LogP contribution in [0.5, 0.6) is 0 Å². The van der Waals surface area contributed by atoms with Crippen molar-refractivity contribution < 1.29 is 14.3 Å². The maximum Gasteiger partial charge on any atom is 0.338 e. The molecule has 1 aliphatic heterocycles. The first-order valence-electron chi connectivity index (χ1n) is 10.8. The molecule has 4 rings (SSSR count). The van der Waals surface area contributed by atoms with E-state index in [-0.39, 0.29) is 5.91 Å². The minimum Gasteiger partial charge on any atom is -0.462 e. The highest BCUT2D eigenvalue weighted by atomic mass is 16.5. The van der Waals surface area contributed by atoms with E-state index in [2.05, 4.69) is 28.2 Å². The molecule has 2 aromatic carbocycles. The lowest BCUT2D eigenvalue weighted by atomic mass is 10.1. The highest BCUT2D eigenvalue weighted by Gasteiger charge is 2.19. The molecule has 0 saturated carbocycles. The number of carbonyl (C=O) groups excluding carboxylic acids is 2. The molecule has 6 nitrogen and oxygen atoms in total. The van der Waals surface area contributed by atoms with Gasteiger partial charge >= 0.3 is 5.97 Å². The number of fused-ring (bicyclic) bond motifs is 1. The smallest absolute Gasteiger partial charge is 0.338 e. The van der Waals surface area contributed by atoms with E-state index in [1.807, 2.05) is 18.2 Å². The van der Waals surface area contributed by atoms with Crippen LogP contribution in [0.15, 0.2) is 48.5 Å². The fraction of sp³-hybridized carbons (Fsp3) is 0.320. The molecule has 160 valence electrons. The molecule has 6 heteroatoms. The number of carbonyl (C=O) groups is 2. The molecule has 0 aliphatic carbocycles. The molecule has 0 unspecified atom stereocenters. The molecule has 2 heterocycles. The van der Waals surface area contributed by atoms with Crippen LogP contribution >= 0.6 is 0 Å². The number of ether oxygens (including phenoxy) is 1. The van der Waals surface area contributed by atoms with Crippen molar-refractivity contribution in [3.05, 3.63) is 65.4 Å². The predicted octanol–water partition coefficient (Wildman–Crippen LogP) is 4.96. The Hall–Kier alpha value is -3.41. The highest BCUT2D eigenvalue weighted by Crippen LogP contribution is 2.30. The number of hydrogen-bond donors (Lipinski definition) is 1. The van der Waals surface area contributed by atoms with Crippen LogP contribution in [-0.2, 0) is 4.74 Å². The number of aromatic nitrogens is 1. The van der Waals surface area contributed by atoms with Crippen LogP contribution in [0.25, 0.3) is 10.9 Å². The predicted molar refractivity (Wildman–Crippen MR) is 123 cm³/mol. The molecule has 0 atom stereocenters. The third kappa shape index (κ3) is 4.68. The second-order valence-corrected chi connectivity index (χ2v) is 7.85. The lowest BCUT2D eigenvalue weighted by Gasteiger charge is -2.30. The van der Waals surface area contributed by atoms with E-state index in [9.17, 15) is 9.59 Å². The summed E-state index contributed by atoms with van der Waals surface area (Å²) in [5.74, 6) is -0.716. The van der Waals surface area contributed by atoms with E-state index in [1.54, 1.807) is 31.2 Å². The summed E-state index contributed by atoms with van der Waals surface area (Å²) in [5.41, 5.74) is 4.31. The van der Waals surface area contributed by atoms with Gasteiger partial charge in [0.15, 0.2) is 0 Å². The van der Waals surface area contributed by atoms with Gasteiger partial charge in [0, 0.05) is 29.9 Å². The second kappa shape index (κ2) is 9.16. The molecule has 3 aromatic rings. The number of rotatable bonds is 5. The Balaban J connectivity index is 1.66. The van der Waals surface area contributed by atoms with Crippen molar-refractivity contribution in [2.75, 3.05) is 29.9 Å². The number of esters is 1. The minimum atomic E-state index is -0.412. The van der Waals surface area contributed by atoms with Crippen molar-refractivity contribution in [1.82, 2.24) is 4.98 Å². The first-order valence-corrected chi connectivity index (χ1v) is 10.8. The molecule has 1 saturated heterocycles. The van der Waals surface area contributed by atoms with Crippen molar-refractivity contribution in [2.24, 2.45) is 0 Å². The zero-order chi connectivity index (χ0) is 21.8. The van der Waals surface area contributed by atoms with Gasteiger partial charge < -0.3 is 15.0 Å². The van der Waals surface area contributed by atoms with Crippen LogP contribution in [0.2, 0.25) is 0 Å². The maximum absolute atomic E-state index is 13.1. The molecule has 1 aliphatic rings. The molecule has 1 amide bonds. The van der Waals surface area contributed by atoms with Gasteiger partial charge in [-0.25, -0.2) is 9.78 Å². The number of amides is 1. The standard InChI is InChI=1S/C25H27N3O3/c1-3-31-25(30)18-8-7-9-19(15-18)26-24(29)22-16-23(28-12-5-4-6-13-28)20-14-17(2)10-11-21(20)27-22/h7-11,14-16H,3-6,12-13H2,1-2H3,(H,26,29). The maximum atomic E-state index is 13.1. The number of hydrogen-bond acceptors (Lipinski definition) is 5. The number of piperidine rings is 1. The monoisotopic (exact) mass is 417 g/mol. The van der Waals surface area contributed by atoms with Gasteiger partial charge in [-0.15, -0.1) is 0 Å². The Labute approximate surface area is 182 Å². The van der Waals surface area contributed by atoms with Gasteiger partial charge in [-0.2, -0.15) is 0 Å². The van der Waals surface area contributed by atoms with Crippen LogP contribution in [0.4, 0.5) is 11.4 Å². The number of nitrogens with one attached hydrogen (secondary N) is 1. The zero-order valence-electron chi connectivity index (χ0n) is 18.0. The molecule has 0 radical (unpaired) electrons. The lowest BCUT2D eigenvalue weighted by Crippen LogP contribution is -2.30. The summed E-state index contributed by atoms with van der Waals surface area (Å²) in [6.45, 7) is 6.09. The van der Waals surface area contributed by atoms with E-state index in [1.165, 1.54) is 12.0 Å². The molecule has 1 N–H and O–H groups in total. The highest BCUT2D eigenvalue weighted by molar-refractivity contribution is 6.07. The molecule has 0 spiro atoms. The van der Waals surface area contributed by atoms with Gasteiger partial charge in [0.1, 0.15) is 5.69 Å². The molecule has 1 aromatic heterocycles. The van der Waals surface area contributed by atoms with Crippen LogP contribution in [-0.4, -0.2) is 36.6 Å². The quantitative estimate of drug-likeness (QED) is 0.594. The van der Waals surface area contributed by atoms with Gasteiger partial charge in [-0.05, 0) is 69.5 Å². The van der Waals surface area contributed by atoms with Crippen molar-refractivity contribution >= 4 is 34.2 Å². The third-order valence-corrected chi connectivity index (χ3v) is 5.50. The van der Waals surface area contributed by atoms with Crippen molar-refractivity contribution in [2.45, 2.75) is 33.1 Å². The van der Waals surface area contributed by atoms with Gasteiger partial charge in [0.25, 0.3) is 5.91 Å². The second-order valence-electron chi connectivity index (χ2n) is 7.85. The van der Waals surface area contributed by atoms with E-state index in [4.69, 9.17) is 4.74 Å². The summed E-state index contributed by atoms with van der Waals surface area (Å²) in [7, 11) is 0. The Morgan fingerprint density at radius 1 is 1.06 bits per heavy atom. The Kier molecular flexibility index (Phi) is 6.16. The van der Waals surface area contributed by atoms with Crippen molar-refractivity contribution in [3.63, 3.8) is 0 Å². The average Bonchev–Trinajstić information content (AvgIpc) is 2.79. The fourth-order valence-electron chi connectivity index (χ4n) is 3.97. The van der Waals surface area contributed by atoms with E-state index in [0.29, 0.717) is 23.6 Å². The largest absolute Gasteiger partial charge is 0.462 e. The van der Waals surface area contributed by atoms with Gasteiger partial charge in [-0.1, -0.05) is 17.7 Å². The summed E-state index contributed by atoms with van der Waals surface area (Å²) in [4.78, 5) is 32.0. The number of nitrogens with zero attached hydrogens (tertiary/aromatic N) is 2. The summed E-state index contributed by atoms with van der Waals surface area (Å²) in [6.07, 6.45) is 3.54. The number of anilines is 2. The van der Waals surface area contributed by atoms with E-state index < -0.39 is 5.97 Å². The van der Waals surface area contributed by atoms with Crippen molar-refractivity contribution in [3.8, 4) is 0 Å². The Bertz CT molecular complexity index is 1120.